The highest BCUT2D eigenvalue weighted by molar-refractivity contribution is 7.85. The van der Waals surface area contributed by atoms with E-state index in [1.807, 2.05) is 24.1 Å². The number of H-pyrrole nitrogens is 1. The fraction of sp³-hybridized carbons (Fsp3) is 0.706. The molecule has 1 saturated carbocycles. The van der Waals surface area contributed by atoms with Crippen molar-refractivity contribution in [1.82, 2.24) is 15.2 Å². The van der Waals surface area contributed by atoms with Gasteiger partial charge in [-0.15, -0.1) is 0 Å². The van der Waals surface area contributed by atoms with Crippen molar-refractivity contribution in [3.05, 3.63) is 24.0 Å². The molecule has 2 heterocycles. The molecule has 0 radical (unpaired) electrons. The molecule has 128 valence electrons. The first-order valence-corrected chi connectivity index (χ1v) is 10.1. The average molecular weight is 337 g/mol. The first-order valence-electron chi connectivity index (χ1n) is 8.76. The largest absolute Gasteiger partial charge is 0.363 e. The first kappa shape index (κ1) is 16.6. The molecule has 23 heavy (non-hydrogen) atoms. The van der Waals surface area contributed by atoms with E-state index in [0.717, 1.165) is 50.8 Å². The quantitative estimate of drug-likeness (QED) is 0.887. The van der Waals surface area contributed by atoms with Crippen LogP contribution in [0.15, 0.2) is 18.3 Å². The maximum Gasteiger partial charge on any atom is 0.318 e. The number of aromatic amines is 1. The van der Waals surface area contributed by atoms with Crippen molar-refractivity contribution >= 4 is 16.8 Å². The van der Waals surface area contributed by atoms with Crippen LogP contribution in [-0.4, -0.2) is 43.7 Å². The Morgan fingerprint density at radius 2 is 2.26 bits per heavy atom. The lowest BCUT2D eigenvalue weighted by atomic mass is 9.95. The molecule has 0 spiro atoms. The highest BCUT2D eigenvalue weighted by Crippen LogP contribution is 2.31. The topological polar surface area (TPSA) is 65.2 Å². The molecule has 5 nitrogen and oxygen atoms in total. The summed E-state index contributed by atoms with van der Waals surface area (Å²) in [5.41, 5.74) is 1.12. The van der Waals surface area contributed by atoms with Crippen LogP contribution in [0.3, 0.4) is 0 Å². The van der Waals surface area contributed by atoms with Crippen LogP contribution in [0.25, 0.3) is 0 Å². The smallest absolute Gasteiger partial charge is 0.318 e. The Balaban J connectivity index is 1.59. The zero-order chi connectivity index (χ0) is 16.2. The number of likely N-dealkylation sites (tertiary alicyclic amines) is 1. The summed E-state index contributed by atoms with van der Waals surface area (Å²) in [6, 6.07) is 4.40. The number of urea groups is 1. The summed E-state index contributed by atoms with van der Waals surface area (Å²) in [6.07, 6.45) is 7.92. The Labute approximate surface area is 140 Å². The van der Waals surface area contributed by atoms with Gasteiger partial charge in [0.15, 0.2) is 0 Å². The highest BCUT2D eigenvalue weighted by atomic mass is 32.2. The van der Waals surface area contributed by atoms with E-state index in [0.29, 0.717) is 5.75 Å². The minimum absolute atomic E-state index is 0.0371. The van der Waals surface area contributed by atoms with Crippen molar-refractivity contribution in [2.45, 2.75) is 62.8 Å². The molecule has 6 heteroatoms. The fourth-order valence-electron chi connectivity index (χ4n) is 3.89. The van der Waals surface area contributed by atoms with Crippen LogP contribution in [0.2, 0.25) is 0 Å². The molecule has 1 aromatic heterocycles. The van der Waals surface area contributed by atoms with Crippen LogP contribution in [0.5, 0.6) is 0 Å². The molecule has 4 atom stereocenters. The minimum Gasteiger partial charge on any atom is -0.363 e. The summed E-state index contributed by atoms with van der Waals surface area (Å²) in [7, 11) is -0.752. The van der Waals surface area contributed by atoms with Crippen molar-refractivity contribution < 1.29 is 9.00 Å². The maximum absolute atomic E-state index is 12.7. The molecule has 2 fully saturated rings. The zero-order valence-corrected chi connectivity index (χ0v) is 14.6. The number of nitrogens with one attached hydrogen (secondary N) is 2. The molecule has 3 rings (SSSR count). The average Bonchev–Trinajstić information content (AvgIpc) is 3.24. The van der Waals surface area contributed by atoms with Gasteiger partial charge in [0, 0.05) is 46.3 Å². The SMILES string of the molecule is CC[S@](=O)[C@@H]1CCC[C@H](NC(=O)N2CCC[C@H]2c2ccc[nH]2)C1. The second-order valence-electron chi connectivity index (χ2n) is 6.58. The lowest BCUT2D eigenvalue weighted by Gasteiger charge is -2.32. The molecular weight excluding hydrogens is 310 g/mol. The molecule has 1 aromatic rings. The van der Waals surface area contributed by atoms with Gasteiger partial charge in [-0.2, -0.15) is 0 Å². The van der Waals surface area contributed by atoms with Gasteiger partial charge >= 0.3 is 6.03 Å². The van der Waals surface area contributed by atoms with Gasteiger partial charge in [0.1, 0.15) is 0 Å². The van der Waals surface area contributed by atoms with Crippen molar-refractivity contribution in [3.63, 3.8) is 0 Å². The fourth-order valence-corrected chi connectivity index (χ4v) is 5.24. The van der Waals surface area contributed by atoms with Crippen LogP contribution >= 0.6 is 0 Å². The molecule has 1 aliphatic heterocycles. The number of carbonyl (C=O) groups is 1. The number of nitrogens with zero attached hydrogens (tertiary/aromatic N) is 1. The predicted octanol–water partition coefficient (Wildman–Crippen LogP) is 2.94. The van der Waals surface area contributed by atoms with Crippen LogP contribution < -0.4 is 5.32 Å². The third kappa shape index (κ3) is 3.79. The number of amides is 2. The summed E-state index contributed by atoms with van der Waals surface area (Å²) in [5.74, 6) is 0.715. The van der Waals surface area contributed by atoms with E-state index in [-0.39, 0.29) is 23.4 Å². The van der Waals surface area contributed by atoms with E-state index >= 15 is 0 Å². The molecule has 0 bridgehead atoms. The van der Waals surface area contributed by atoms with Gasteiger partial charge < -0.3 is 15.2 Å². The third-order valence-electron chi connectivity index (χ3n) is 5.10. The van der Waals surface area contributed by atoms with Crippen LogP contribution in [0.4, 0.5) is 4.79 Å². The normalized spacial score (nSPS) is 29.4. The number of rotatable bonds is 4. The van der Waals surface area contributed by atoms with Crippen molar-refractivity contribution in [3.8, 4) is 0 Å². The summed E-state index contributed by atoms with van der Waals surface area (Å²) >= 11 is 0. The monoisotopic (exact) mass is 337 g/mol. The molecule has 1 aliphatic carbocycles. The standard InChI is InChI=1S/C17H27N3O2S/c1-2-23(22)14-7-3-6-13(12-14)19-17(21)20-11-5-9-16(20)15-8-4-10-18-15/h4,8,10,13-14,16,18H,2-3,5-7,9,11-12H2,1H3,(H,19,21)/t13-,14+,16-,23-/m0/s1. The third-order valence-corrected chi connectivity index (χ3v) is 6.85. The van der Waals surface area contributed by atoms with Gasteiger partial charge in [0.2, 0.25) is 0 Å². The second-order valence-corrected chi connectivity index (χ2v) is 8.59. The van der Waals surface area contributed by atoms with E-state index in [9.17, 15) is 9.00 Å². The lowest BCUT2D eigenvalue weighted by Crippen LogP contribution is -2.47. The summed E-state index contributed by atoms with van der Waals surface area (Å²) in [5, 5.41) is 3.45. The van der Waals surface area contributed by atoms with Crippen LogP contribution in [0, 0.1) is 0 Å². The van der Waals surface area contributed by atoms with Crippen LogP contribution in [-0.2, 0) is 10.8 Å². The van der Waals surface area contributed by atoms with E-state index in [1.165, 1.54) is 0 Å². The second kappa shape index (κ2) is 7.51. The van der Waals surface area contributed by atoms with Gasteiger partial charge in [-0.05, 0) is 44.2 Å². The van der Waals surface area contributed by atoms with Gasteiger partial charge in [0.05, 0.1) is 6.04 Å². The van der Waals surface area contributed by atoms with Gasteiger partial charge in [-0.1, -0.05) is 13.3 Å². The zero-order valence-electron chi connectivity index (χ0n) is 13.8. The summed E-state index contributed by atoms with van der Waals surface area (Å²) < 4.78 is 12.0. The summed E-state index contributed by atoms with van der Waals surface area (Å²) in [6.45, 7) is 2.79. The van der Waals surface area contributed by atoms with Crippen molar-refractivity contribution in [2.75, 3.05) is 12.3 Å². The number of aromatic nitrogens is 1. The highest BCUT2D eigenvalue weighted by Gasteiger charge is 2.33. The Kier molecular flexibility index (Phi) is 5.41. The summed E-state index contributed by atoms with van der Waals surface area (Å²) in [4.78, 5) is 17.9. The van der Waals surface area contributed by atoms with E-state index in [1.54, 1.807) is 0 Å². The minimum atomic E-state index is -0.752. The Bertz CT molecular complexity index is 546. The molecular formula is C17H27N3O2S. The molecule has 2 N–H and O–H groups in total. The molecule has 0 aromatic carbocycles. The Morgan fingerprint density at radius 1 is 1.39 bits per heavy atom. The Morgan fingerprint density at radius 3 is 3.00 bits per heavy atom. The van der Waals surface area contributed by atoms with Gasteiger partial charge in [0.25, 0.3) is 0 Å². The lowest BCUT2D eigenvalue weighted by molar-refractivity contribution is 0.184. The van der Waals surface area contributed by atoms with Gasteiger partial charge in [-0.25, -0.2) is 4.79 Å². The van der Waals surface area contributed by atoms with E-state index in [4.69, 9.17) is 0 Å². The first-order chi connectivity index (χ1) is 11.2. The van der Waals surface area contributed by atoms with Crippen molar-refractivity contribution in [2.24, 2.45) is 0 Å². The molecule has 2 aliphatic rings. The van der Waals surface area contributed by atoms with Gasteiger partial charge in [-0.3, -0.25) is 4.21 Å². The molecule has 0 unspecified atom stereocenters. The number of hydrogen-bond donors (Lipinski definition) is 2. The molecule has 1 saturated heterocycles. The predicted molar refractivity (Wildman–Crippen MR) is 92.7 cm³/mol. The number of hydrogen-bond acceptors (Lipinski definition) is 2. The Hall–Kier alpha value is -1.30. The number of carbonyl (C=O) groups excluding carboxylic acids is 1. The van der Waals surface area contributed by atoms with Crippen molar-refractivity contribution in [1.29, 1.82) is 0 Å². The van der Waals surface area contributed by atoms with E-state index < -0.39 is 10.8 Å². The van der Waals surface area contributed by atoms with E-state index in [2.05, 4.69) is 16.4 Å². The molecule has 2 amide bonds. The van der Waals surface area contributed by atoms with Crippen LogP contribution in [0.1, 0.15) is 57.2 Å². The maximum atomic E-state index is 12.7.